The molecule has 0 N–H and O–H groups in total. The van der Waals surface area contributed by atoms with E-state index < -0.39 is 23.6 Å². The summed E-state index contributed by atoms with van der Waals surface area (Å²) < 4.78 is 50.7. The van der Waals surface area contributed by atoms with Crippen LogP contribution < -0.4 is 0 Å². The molecule has 5 heteroatoms. The Morgan fingerprint density at radius 2 is 1.79 bits per heavy atom. The zero-order chi connectivity index (χ0) is 10.3. The van der Waals surface area contributed by atoms with Crippen molar-refractivity contribution in [3.8, 4) is 0 Å². The molecule has 0 radical (unpaired) electrons. The molecule has 0 aliphatic rings. The van der Waals surface area contributed by atoms with E-state index in [2.05, 4.69) is 0 Å². The van der Waals surface area contributed by atoms with Crippen LogP contribution in [0.15, 0.2) is 17.5 Å². The maximum atomic E-state index is 13.1. The van der Waals surface area contributed by atoms with E-state index in [0.29, 0.717) is 6.07 Å². The SMILES string of the molecule is Fc1csc2cc(C(F)F)cc(F)c12. The van der Waals surface area contributed by atoms with E-state index in [4.69, 9.17) is 0 Å². The van der Waals surface area contributed by atoms with Crippen LogP contribution in [0.25, 0.3) is 10.1 Å². The van der Waals surface area contributed by atoms with Crippen molar-refractivity contribution < 1.29 is 17.6 Å². The van der Waals surface area contributed by atoms with Crippen LogP contribution in [0.2, 0.25) is 0 Å². The maximum absolute atomic E-state index is 13.1. The predicted molar refractivity (Wildman–Crippen MR) is 46.7 cm³/mol. The fourth-order valence-electron chi connectivity index (χ4n) is 1.23. The van der Waals surface area contributed by atoms with Gasteiger partial charge in [-0.25, -0.2) is 17.6 Å². The van der Waals surface area contributed by atoms with Gasteiger partial charge in [0, 0.05) is 15.6 Å². The fraction of sp³-hybridized carbons (Fsp3) is 0.111. The molecule has 0 unspecified atom stereocenters. The van der Waals surface area contributed by atoms with Crippen molar-refractivity contribution in [1.82, 2.24) is 0 Å². The summed E-state index contributed by atoms with van der Waals surface area (Å²) >= 11 is 0.911. The number of rotatable bonds is 1. The zero-order valence-corrected chi connectivity index (χ0v) is 7.55. The van der Waals surface area contributed by atoms with Crippen molar-refractivity contribution in [2.24, 2.45) is 0 Å². The van der Waals surface area contributed by atoms with Crippen LogP contribution in [0.3, 0.4) is 0 Å². The highest BCUT2D eigenvalue weighted by molar-refractivity contribution is 7.17. The Labute approximate surface area is 80.8 Å². The molecule has 0 amide bonds. The Morgan fingerprint density at radius 3 is 2.43 bits per heavy atom. The van der Waals surface area contributed by atoms with Crippen LogP contribution in [0.1, 0.15) is 12.0 Å². The third-order valence-corrected chi connectivity index (χ3v) is 2.76. The summed E-state index contributed by atoms with van der Waals surface area (Å²) in [5.74, 6) is -1.64. The first kappa shape index (κ1) is 9.45. The lowest BCUT2D eigenvalue weighted by Gasteiger charge is -2.00. The molecule has 2 aromatic rings. The van der Waals surface area contributed by atoms with Crippen LogP contribution in [-0.4, -0.2) is 0 Å². The van der Waals surface area contributed by atoms with E-state index in [1.165, 1.54) is 0 Å². The Morgan fingerprint density at radius 1 is 1.07 bits per heavy atom. The van der Waals surface area contributed by atoms with Crippen molar-refractivity contribution in [1.29, 1.82) is 0 Å². The van der Waals surface area contributed by atoms with Crippen molar-refractivity contribution in [2.45, 2.75) is 6.43 Å². The number of hydrogen-bond acceptors (Lipinski definition) is 1. The summed E-state index contributed by atoms with van der Waals surface area (Å²) in [6.45, 7) is 0. The highest BCUT2D eigenvalue weighted by Gasteiger charge is 2.15. The number of alkyl halides is 2. The summed E-state index contributed by atoms with van der Waals surface area (Å²) in [5, 5.41) is 0.891. The van der Waals surface area contributed by atoms with Gasteiger partial charge in [-0.05, 0) is 12.1 Å². The lowest BCUT2D eigenvalue weighted by Crippen LogP contribution is -1.87. The first-order chi connectivity index (χ1) is 6.59. The monoisotopic (exact) mass is 220 g/mol. The second-order valence-corrected chi connectivity index (χ2v) is 3.67. The van der Waals surface area contributed by atoms with Crippen LogP contribution in [-0.2, 0) is 0 Å². The highest BCUT2D eigenvalue weighted by atomic mass is 32.1. The zero-order valence-electron chi connectivity index (χ0n) is 6.73. The Hall–Kier alpha value is -1.10. The Balaban J connectivity index is 2.74. The number of fused-ring (bicyclic) bond motifs is 1. The first-order valence-corrected chi connectivity index (χ1v) is 4.62. The van der Waals surface area contributed by atoms with E-state index >= 15 is 0 Å². The molecule has 0 bridgehead atoms. The fourth-order valence-corrected chi connectivity index (χ4v) is 2.09. The quantitative estimate of drug-likeness (QED) is 0.634. The molecule has 0 aliphatic heterocycles. The molecule has 1 aromatic carbocycles. The second-order valence-electron chi connectivity index (χ2n) is 2.76. The molecule has 2 rings (SSSR count). The minimum atomic E-state index is -2.74. The topological polar surface area (TPSA) is 0 Å². The van der Waals surface area contributed by atoms with Gasteiger partial charge in [-0.1, -0.05) is 0 Å². The molecule has 0 nitrogen and oxygen atoms in total. The van der Waals surface area contributed by atoms with E-state index in [1.807, 2.05) is 0 Å². The van der Waals surface area contributed by atoms with Gasteiger partial charge in [-0.2, -0.15) is 0 Å². The third-order valence-electron chi connectivity index (χ3n) is 1.86. The number of hydrogen-bond donors (Lipinski definition) is 0. The third kappa shape index (κ3) is 1.37. The van der Waals surface area contributed by atoms with E-state index in [9.17, 15) is 17.6 Å². The Kier molecular flexibility index (Phi) is 2.19. The lowest BCUT2D eigenvalue weighted by atomic mass is 10.1. The van der Waals surface area contributed by atoms with Gasteiger partial charge in [0.2, 0.25) is 0 Å². The first-order valence-electron chi connectivity index (χ1n) is 3.74. The molecule has 0 spiro atoms. The van der Waals surface area contributed by atoms with Crippen molar-refractivity contribution in [3.05, 3.63) is 34.7 Å². The molecule has 0 fully saturated rings. The molecule has 0 saturated heterocycles. The molecule has 1 heterocycles. The molecule has 74 valence electrons. The van der Waals surface area contributed by atoms with Gasteiger partial charge in [0.05, 0.1) is 5.39 Å². The summed E-state index contributed by atoms with van der Waals surface area (Å²) in [5.41, 5.74) is -0.420. The minimum Gasteiger partial charge on any atom is -0.206 e. The summed E-state index contributed by atoms with van der Waals surface area (Å²) in [6.07, 6.45) is -2.74. The Bertz CT molecular complexity index is 475. The lowest BCUT2D eigenvalue weighted by molar-refractivity contribution is 0.151. The van der Waals surface area contributed by atoms with Gasteiger partial charge in [-0.15, -0.1) is 11.3 Å². The van der Waals surface area contributed by atoms with Gasteiger partial charge < -0.3 is 0 Å². The summed E-state index contributed by atoms with van der Waals surface area (Å²) in [6, 6.07) is 1.78. The summed E-state index contributed by atoms with van der Waals surface area (Å²) in [4.78, 5) is 0. The predicted octanol–water partition coefficient (Wildman–Crippen LogP) is 4.12. The number of halogens is 4. The molecule has 0 atom stereocenters. The average Bonchev–Trinajstić information content (AvgIpc) is 2.48. The van der Waals surface area contributed by atoms with E-state index in [1.54, 1.807) is 0 Å². The largest absolute Gasteiger partial charge is 0.264 e. The number of benzene rings is 1. The van der Waals surface area contributed by atoms with Gasteiger partial charge in [-0.3, -0.25) is 0 Å². The van der Waals surface area contributed by atoms with Crippen LogP contribution in [0.5, 0.6) is 0 Å². The molecule has 14 heavy (non-hydrogen) atoms. The van der Waals surface area contributed by atoms with E-state index in [-0.39, 0.29) is 10.1 Å². The van der Waals surface area contributed by atoms with Gasteiger partial charge in [0.1, 0.15) is 11.6 Å². The maximum Gasteiger partial charge on any atom is 0.264 e. The number of thiophene rings is 1. The standard InChI is InChI=1S/C9H4F4S/c10-5-1-4(9(12)13)2-7-8(5)6(11)3-14-7/h1-3,9H. The molecular weight excluding hydrogens is 216 g/mol. The molecular formula is C9H4F4S. The van der Waals surface area contributed by atoms with Crippen LogP contribution in [0, 0.1) is 11.6 Å². The van der Waals surface area contributed by atoms with Crippen LogP contribution >= 0.6 is 11.3 Å². The van der Waals surface area contributed by atoms with Crippen molar-refractivity contribution >= 4 is 21.4 Å². The van der Waals surface area contributed by atoms with Gasteiger partial charge in [0.25, 0.3) is 6.43 Å². The van der Waals surface area contributed by atoms with Gasteiger partial charge >= 0.3 is 0 Å². The highest BCUT2D eigenvalue weighted by Crippen LogP contribution is 2.31. The van der Waals surface area contributed by atoms with Crippen molar-refractivity contribution in [2.75, 3.05) is 0 Å². The second kappa shape index (κ2) is 3.24. The minimum absolute atomic E-state index is 0.206. The molecule has 0 aliphatic carbocycles. The van der Waals surface area contributed by atoms with Gasteiger partial charge in [0.15, 0.2) is 0 Å². The van der Waals surface area contributed by atoms with Crippen LogP contribution in [0.4, 0.5) is 17.6 Å². The normalized spacial score (nSPS) is 11.5. The average molecular weight is 220 g/mol. The summed E-state index contributed by atoms with van der Waals surface area (Å²) in [7, 11) is 0. The molecule has 1 aromatic heterocycles. The smallest absolute Gasteiger partial charge is 0.206 e. The van der Waals surface area contributed by atoms with Crippen molar-refractivity contribution in [3.63, 3.8) is 0 Å². The molecule has 0 saturated carbocycles. The van der Waals surface area contributed by atoms with E-state index in [0.717, 1.165) is 22.8 Å².